The minimum absolute atomic E-state index is 0.144. The minimum atomic E-state index is -3.21. The first kappa shape index (κ1) is 18.8. The number of carbonyl (C=O) groups is 2. The molecule has 1 N–H and O–H groups in total. The summed E-state index contributed by atoms with van der Waals surface area (Å²) in [5.41, 5.74) is -0.543. The van der Waals surface area contributed by atoms with Crippen molar-refractivity contribution in [3.05, 3.63) is 21.9 Å². The number of thiophene rings is 1. The molecule has 0 amide bonds. The number of carbonyl (C=O) groups excluding carboxylic acids is 2. The van der Waals surface area contributed by atoms with Crippen LogP contribution in [0.15, 0.2) is 12.1 Å². The molecule has 0 saturated heterocycles. The average molecular weight is 347 g/mol. The van der Waals surface area contributed by atoms with Gasteiger partial charge in [0.1, 0.15) is 4.88 Å². The number of hydrogen-bond donors (Lipinski definition) is 1. The van der Waals surface area contributed by atoms with Gasteiger partial charge in [-0.05, 0) is 18.6 Å². The summed E-state index contributed by atoms with van der Waals surface area (Å²) >= 11 is 1.23. The van der Waals surface area contributed by atoms with Gasteiger partial charge in [0, 0.05) is 16.8 Å². The maximum atomic E-state index is 11.8. The third-order valence-corrected chi connectivity index (χ3v) is 4.62. The molecule has 0 saturated carbocycles. The normalized spacial score (nSPS) is 12.2. The van der Waals surface area contributed by atoms with Gasteiger partial charge in [-0.1, -0.05) is 20.8 Å². The van der Waals surface area contributed by atoms with Gasteiger partial charge in [-0.25, -0.2) is 17.9 Å². The maximum absolute atomic E-state index is 11.8. The predicted octanol–water partition coefficient (Wildman–Crippen LogP) is 1.61. The third-order valence-electron chi connectivity index (χ3n) is 2.77. The fraction of sp³-hybridized carbons (Fsp3) is 0.571. The van der Waals surface area contributed by atoms with Crippen LogP contribution in [0.4, 0.5) is 0 Å². The number of nitrogens with one attached hydrogen (secondary N) is 1. The molecule has 1 rings (SSSR count). The molecule has 0 aliphatic carbocycles. The number of rotatable bonds is 7. The molecule has 0 fully saturated rings. The molecule has 0 spiro atoms. The van der Waals surface area contributed by atoms with E-state index in [0.717, 1.165) is 11.1 Å². The second-order valence-corrected chi connectivity index (χ2v) is 8.93. The van der Waals surface area contributed by atoms with E-state index in [0.29, 0.717) is 11.3 Å². The molecular formula is C14H21NO5S2. The van der Waals surface area contributed by atoms with Gasteiger partial charge in [-0.15, -0.1) is 11.3 Å². The number of hydrogen-bond acceptors (Lipinski definition) is 6. The Labute approximate surface area is 134 Å². The summed E-state index contributed by atoms with van der Waals surface area (Å²) in [6.07, 6.45) is 1.59. The van der Waals surface area contributed by atoms with Crippen molar-refractivity contribution < 1.29 is 22.7 Å². The van der Waals surface area contributed by atoms with E-state index in [-0.39, 0.29) is 18.9 Å². The first-order valence-electron chi connectivity index (χ1n) is 6.73. The van der Waals surface area contributed by atoms with Gasteiger partial charge in [-0.3, -0.25) is 4.79 Å². The Balaban J connectivity index is 2.50. The lowest BCUT2D eigenvalue weighted by molar-refractivity contribution is -0.129. The van der Waals surface area contributed by atoms with E-state index in [4.69, 9.17) is 4.74 Å². The van der Waals surface area contributed by atoms with Crippen molar-refractivity contribution >= 4 is 33.1 Å². The summed E-state index contributed by atoms with van der Waals surface area (Å²) in [6.45, 7) is 5.32. The quantitative estimate of drug-likeness (QED) is 0.757. The van der Waals surface area contributed by atoms with E-state index in [9.17, 15) is 18.0 Å². The number of Topliss-reactive ketones (excluding diaryl/α,β-unsaturated/α-hetero) is 1. The van der Waals surface area contributed by atoms with Crippen molar-refractivity contribution in [1.82, 2.24) is 4.72 Å². The number of ether oxygens (including phenoxy) is 1. The molecule has 0 aliphatic heterocycles. The van der Waals surface area contributed by atoms with E-state index in [1.54, 1.807) is 32.9 Å². The first-order valence-corrected chi connectivity index (χ1v) is 9.43. The van der Waals surface area contributed by atoms with Crippen molar-refractivity contribution in [1.29, 1.82) is 0 Å². The molecule has 0 radical (unpaired) electrons. The van der Waals surface area contributed by atoms with Crippen LogP contribution in [0, 0.1) is 5.41 Å². The van der Waals surface area contributed by atoms with Gasteiger partial charge in [-0.2, -0.15) is 0 Å². The van der Waals surface area contributed by atoms with Crippen LogP contribution in [0.25, 0.3) is 0 Å². The lowest BCUT2D eigenvalue weighted by Crippen LogP contribution is -2.26. The predicted molar refractivity (Wildman–Crippen MR) is 85.6 cm³/mol. The summed E-state index contributed by atoms with van der Waals surface area (Å²) in [7, 11) is -3.21. The van der Waals surface area contributed by atoms with E-state index in [1.807, 2.05) is 0 Å². The van der Waals surface area contributed by atoms with Crippen molar-refractivity contribution in [3.63, 3.8) is 0 Å². The van der Waals surface area contributed by atoms with Crippen molar-refractivity contribution in [2.45, 2.75) is 27.2 Å². The third kappa shape index (κ3) is 6.67. The molecule has 6 nitrogen and oxygen atoms in total. The van der Waals surface area contributed by atoms with Gasteiger partial charge in [0.05, 0.1) is 6.26 Å². The highest BCUT2D eigenvalue weighted by Crippen LogP contribution is 2.19. The summed E-state index contributed by atoms with van der Waals surface area (Å²) in [4.78, 5) is 24.8. The number of esters is 1. The Hall–Kier alpha value is -1.25. The second-order valence-electron chi connectivity index (χ2n) is 5.93. The molecular weight excluding hydrogens is 326 g/mol. The van der Waals surface area contributed by atoms with Crippen LogP contribution < -0.4 is 4.72 Å². The maximum Gasteiger partial charge on any atom is 0.348 e. The van der Waals surface area contributed by atoms with Gasteiger partial charge in [0.15, 0.2) is 12.4 Å². The first-order chi connectivity index (χ1) is 9.99. The SMILES string of the molecule is CC(C)(C)C(=O)COC(=O)c1ccc(CCNS(C)(=O)=O)s1. The topological polar surface area (TPSA) is 89.5 Å². The lowest BCUT2D eigenvalue weighted by Gasteiger charge is -2.15. The fourth-order valence-corrected chi connectivity index (χ4v) is 2.77. The molecule has 0 bridgehead atoms. The zero-order valence-electron chi connectivity index (χ0n) is 13.1. The molecule has 124 valence electrons. The summed E-state index contributed by atoms with van der Waals surface area (Å²) < 4.78 is 29.3. The molecule has 0 aliphatic rings. The van der Waals surface area contributed by atoms with Crippen molar-refractivity contribution in [3.8, 4) is 0 Å². The summed E-state index contributed by atoms with van der Waals surface area (Å²) in [6, 6.07) is 3.36. The largest absolute Gasteiger partial charge is 0.453 e. The van der Waals surface area contributed by atoms with Crippen LogP contribution in [0.5, 0.6) is 0 Å². The molecule has 8 heteroatoms. The smallest absolute Gasteiger partial charge is 0.348 e. The monoisotopic (exact) mass is 347 g/mol. The number of ketones is 1. The molecule has 1 aromatic heterocycles. The summed E-state index contributed by atoms with van der Waals surface area (Å²) in [5.74, 6) is -0.681. The number of sulfonamides is 1. The molecule has 0 unspecified atom stereocenters. The van der Waals surface area contributed by atoms with Crippen LogP contribution in [0.2, 0.25) is 0 Å². The molecule has 1 heterocycles. The Kier molecular flexibility index (Phi) is 6.27. The molecule has 1 aromatic rings. The van der Waals surface area contributed by atoms with E-state index in [2.05, 4.69) is 4.72 Å². The average Bonchev–Trinajstić information content (AvgIpc) is 2.81. The molecule has 22 heavy (non-hydrogen) atoms. The van der Waals surface area contributed by atoms with Gasteiger partial charge < -0.3 is 4.74 Å². The van der Waals surface area contributed by atoms with Crippen molar-refractivity contribution in [2.75, 3.05) is 19.4 Å². The zero-order valence-corrected chi connectivity index (χ0v) is 14.8. The van der Waals surface area contributed by atoms with Crippen LogP contribution in [-0.4, -0.2) is 39.6 Å². The van der Waals surface area contributed by atoms with Crippen LogP contribution in [-0.2, 0) is 26.0 Å². The van der Waals surface area contributed by atoms with Crippen LogP contribution in [0.3, 0.4) is 0 Å². The fourth-order valence-electron chi connectivity index (χ4n) is 1.40. The van der Waals surface area contributed by atoms with E-state index in [1.165, 1.54) is 11.3 Å². The van der Waals surface area contributed by atoms with Crippen LogP contribution in [0.1, 0.15) is 35.3 Å². The lowest BCUT2D eigenvalue weighted by atomic mass is 9.91. The van der Waals surface area contributed by atoms with Crippen LogP contribution >= 0.6 is 11.3 Å². The van der Waals surface area contributed by atoms with Gasteiger partial charge in [0.25, 0.3) is 0 Å². The minimum Gasteiger partial charge on any atom is -0.453 e. The van der Waals surface area contributed by atoms with Gasteiger partial charge in [0.2, 0.25) is 10.0 Å². The Morgan fingerprint density at radius 1 is 1.27 bits per heavy atom. The Bertz CT molecular complexity index is 640. The Morgan fingerprint density at radius 2 is 1.91 bits per heavy atom. The Morgan fingerprint density at radius 3 is 2.45 bits per heavy atom. The standard InChI is InChI=1S/C14H21NO5S2/c1-14(2,3)12(16)9-20-13(17)11-6-5-10(21-11)7-8-15-22(4,18)19/h5-6,15H,7-9H2,1-4H3. The highest BCUT2D eigenvalue weighted by Gasteiger charge is 2.23. The van der Waals surface area contributed by atoms with Gasteiger partial charge >= 0.3 is 5.97 Å². The summed E-state index contributed by atoms with van der Waals surface area (Å²) in [5, 5.41) is 0. The zero-order chi connectivity index (χ0) is 17.0. The molecule has 0 atom stereocenters. The highest BCUT2D eigenvalue weighted by molar-refractivity contribution is 7.88. The van der Waals surface area contributed by atoms with Crippen molar-refractivity contribution in [2.24, 2.45) is 5.41 Å². The molecule has 0 aromatic carbocycles. The highest BCUT2D eigenvalue weighted by atomic mass is 32.2. The van der Waals surface area contributed by atoms with E-state index < -0.39 is 21.4 Å². The second kappa shape index (κ2) is 7.34. The van der Waals surface area contributed by atoms with E-state index >= 15 is 0 Å².